The van der Waals surface area contributed by atoms with Crippen molar-refractivity contribution in [2.24, 2.45) is 5.10 Å². The van der Waals surface area contributed by atoms with Gasteiger partial charge >= 0.3 is 6.03 Å². The molecule has 1 aliphatic rings. The Bertz CT molecular complexity index is 570. The Morgan fingerprint density at radius 1 is 1.30 bits per heavy atom. The van der Waals surface area contributed by atoms with Gasteiger partial charge in [0.25, 0.3) is 5.91 Å². The van der Waals surface area contributed by atoms with Crippen molar-refractivity contribution in [1.29, 1.82) is 0 Å². The summed E-state index contributed by atoms with van der Waals surface area (Å²) in [5, 5.41) is 14.6. The lowest BCUT2D eigenvalue weighted by atomic mass is 9.85. The van der Waals surface area contributed by atoms with Crippen molar-refractivity contribution in [2.45, 2.75) is 12.5 Å². The molecule has 1 aromatic rings. The standard InChI is InChI=1S/C13H16N4O3/c1-9-13(11(18)15-14-9,10-7-5-4-6-8-10)17(20)12(19)16(2)3/h4-8,20H,1-3H3,(H,15,18). The maximum absolute atomic E-state index is 12.3. The zero-order chi connectivity index (χ0) is 14.9. The third-order valence-electron chi connectivity index (χ3n) is 3.25. The molecule has 1 aliphatic heterocycles. The number of amides is 3. The van der Waals surface area contributed by atoms with Crippen LogP contribution < -0.4 is 5.43 Å². The largest absolute Gasteiger partial charge is 0.344 e. The number of hydroxylamine groups is 2. The molecule has 0 aromatic heterocycles. The van der Waals surface area contributed by atoms with Gasteiger partial charge in [0.1, 0.15) is 0 Å². The number of carbonyl (C=O) groups is 2. The van der Waals surface area contributed by atoms with E-state index in [9.17, 15) is 14.8 Å². The molecule has 0 saturated heterocycles. The topological polar surface area (TPSA) is 85.2 Å². The van der Waals surface area contributed by atoms with Crippen LogP contribution in [-0.2, 0) is 10.3 Å². The van der Waals surface area contributed by atoms with Gasteiger partial charge in [-0.3, -0.25) is 10.0 Å². The Labute approximate surface area is 116 Å². The van der Waals surface area contributed by atoms with E-state index in [0.29, 0.717) is 16.3 Å². The number of carbonyl (C=O) groups excluding carboxylic acids is 2. The number of urea groups is 1. The van der Waals surface area contributed by atoms with E-state index >= 15 is 0 Å². The Kier molecular flexibility index (Phi) is 3.46. The van der Waals surface area contributed by atoms with Crippen LogP contribution in [0.2, 0.25) is 0 Å². The van der Waals surface area contributed by atoms with Crippen molar-refractivity contribution in [3.05, 3.63) is 35.9 Å². The van der Waals surface area contributed by atoms with E-state index in [1.54, 1.807) is 37.3 Å². The van der Waals surface area contributed by atoms with E-state index in [1.807, 2.05) is 0 Å². The molecule has 1 unspecified atom stereocenters. The average Bonchev–Trinajstić information content (AvgIpc) is 2.74. The van der Waals surface area contributed by atoms with Gasteiger partial charge < -0.3 is 4.90 Å². The SMILES string of the molecule is CC1=NNC(=O)C1(c1ccccc1)N(O)C(=O)N(C)C. The van der Waals surface area contributed by atoms with Crippen molar-refractivity contribution >= 4 is 17.6 Å². The molecule has 0 bridgehead atoms. The van der Waals surface area contributed by atoms with Gasteiger partial charge in [0, 0.05) is 14.1 Å². The smallest absolute Gasteiger partial charge is 0.329 e. The fourth-order valence-electron chi connectivity index (χ4n) is 2.18. The van der Waals surface area contributed by atoms with Crippen LogP contribution in [0.15, 0.2) is 35.4 Å². The third kappa shape index (κ3) is 1.83. The van der Waals surface area contributed by atoms with Gasteiger partial charge in [-0.25, -0.2) is 10.2 Å². The molecule has 1 heterocycles. The van der Waals surface area contributed by atoms with Gasteiger partial charge in [0.2, 0.25) is 5.54 Å². The second-order valence-electron chi connectivity index (χ2n) is 4.70. The first-order chi connectivity index (χ1) is 9.42. The van der Waals surface area contributed by atoms with Gasteiger partial charge in [-0.2, -0.15) is 10.2 Å². The molecule has 2 N–H and O–H groups in total. The summed E-state index contributed by atoms with van der Waals surface area (Å²) in [5.74, 6) is -0.570. The summed E-state index contributed by atoms with van der Waals surface area (Å²) < 4.78 is 0. The number of nitrogens with one attached hydrogen (secondary N) is 1. The first-order valence-electron chi connectivity index (χ1n) is 6.03. The van der Waals surface area contributed by atoms with Crippen molar-refractivity contribution in [3.8, 4) is 0 Å². The Balaban J connectivity index is 2.60. The molecule has 106 valence electrons. The van der Waals surface area contributed by atoms with Crippen LogP contribution in [0.25, 0.3) is 0 Å². The van der Waals surface area contributed by atoms with Crippen molar-refractivity contribution in [2.75, 3.05) is 14.1 Å². The molecule has 0 aliphatic carbocycles. The summed E-state index contributed by atoms with van der Waals surface area (Å²) in [6.07, 6.45) is 0. The predicted octanol–water partition coefficient (Wildman–Crippen LogP) is 0.760. The molecule has 0 saturated carbocycles. The van der Waals surface area contributed by atoms with Crippen LogP contribution in [0.5, 0.6) is 0 Å². The van der Waals surface area contributed by atoms with E-state index in [-0.39, 0.29) is 0 Å². The summed E-state index contributed by atoms with van der Waals surface area (Å²) >= 11 is 0. The number of rotatable bonds is 2. The molecule has 1 atom stereocenters. The van der Waals surface area contributed by atoms with Crippen LogP contribution in [-0.4, -0.2) is 46.9 Å². The summed E-state index contributed by atoms with van der Waals surface area (Å²) in [7, 11) is 2.98. The van der Waals surface area contributed by atoms with E-state index in [4.69, 9.17) is 0 Å². The second kappa shape index (κ2) is 4.93. The lowest BCUT2D eigenvalue weighted by Crippen LogP contribution is -2.58. The van der Waals surface area contributed by atoms with E-state index < -0.39 is 17.5 Å². The van der Waals surface area contributed by atoms with E-state index in [0.717, 1.165) is 0 Å². The van der Waals surface area contributed by atoms with Crippen molar-refractivity contribution in [1.82, 2.24) is 15.4 Å². The first kappa shape index (κ1) is 14.0. The van der Waals surface area contributed by atoms with E-state index in [1.165, 1.54) is 19.0 Å². The zero-order valence-corrected chi connectivity index (χ0v) is 11.5. The Morgan fingerprint density at radius 3 is 2.35 bits per heavy atom. The van der Waals surface area contributed by atoms with Gasteiger partial charge in [-0.15, -0.1) is 0 Å². The summed E-state index contributed by atoms with van der Waals surface area (Å²) in [5.41, 5.74) is 1.44. The second-order valence-corrected chi connectivity index (χ2v) is 4.70. The summed E-state index contributed by atoms with van der Waals surface area (Å²) in [6.45, 7) is 1.58. The molecule has 0 spiro atoms. The van der Waals surface area contributed by atoms with Crippen LogP contribution in [0, 0.1) is 0 Å². The molecule has 3 amide bonds. The molecular weight excluding hydrogens is 260 g/mol. The molecule has 7 heteroatoms. The average molecular weight is 276 g/mol. The van der Waals surface area contributed by atoms with Crippen molar-refractivity contribution < 1.29 is 14.8 Å². The van der Waals surface area contributed by atoms with Gasteiger partial charge in [0.15, 0.2) is 0 Å². The van der Waals surface area contributed by atoms with Crippen LogP contribution in [0.4, 0.5) is 4.79 Å². The molecule has 7 nitrogen and oxygen atoms in total. The van der Waals surface area contributed by atoms with Crippen LogP contribution in [0.1, 0.15) is 12.5 Å². The number of hydrogen-bond donors (Lipinski definition) is 2. The molecule has 0 fully saturated rings. The fourth-order valence-corrected chi connectivity index (χ4v) is 2.18. The summed E-state index contributed by atoms with van der Waals surface area (Å²) in [4.78, 5) is 25.5. The molecular formula is C13H16N4O3. The van der Waals surface area contributed by atoms with Gasteiger partial charge in [0.05, 0.1) is 5.71 Å². The van der Waals surface area contributed by atoms with Crippen LogP contribution >= 0.6 is 0 Å². The summed E-state index contributed by atoms with van der Waals surface area (Å²) in [6, 6.07) is 7.85. The highest BCUT2D eigenvalue weighted by Gasteiger charge is 2.54. The lowest BCUT2D eigenvalue weighted by molar-refractivity contribution is -0.150. The highest BCUT2D eigenvalue weighted by molar-refractivity contribution is 6.17. The molecule has 2 rings (SSSR count). The molecule has 20 heavy (non-hydrogen) atoms. The predicted molar refractivity (Wildman–Crippen MR) is 72.1 cm³/mol. The first-order valence-corrected chi connectivity index (χ1v) is 6.03. The Hall–Kier alpha value is -2.41. The van der Waals surface area contributed by atoms with Crippen LogP contribution in [0.3, 0.4) is 0 Å². The van der Waals surface area contributed by atoms with Gasteiger partial charge in [-0.1, -0.05) is 30.3 Å². The minimum atomic E-state index is -1.64. The number of nitrogens with zero attached hydrogens (tertiary/aromatic N) is 3. The van der Waals surface area contributed by atoms with E-state index in [2.05, 4.69) is 10.5 Å². The molecule has 1 aromatic carbocycles. The Morgan fingerprint density at radius 2 is 1.90 bits per heavy atom. The number of hydrazone groups is 1. The monoisotopic (exact) mass is 276 g/mol. The number of benzene rings is 1. The maximum atomic E-state index is 12.3. The fraction of sp³-hybridized carbons (Fsp3) is 0.308. The quantitative estimate of drug-likeness (QED) is 0.617. The third-order valence-corrected chi connectivity index (χ3v) is 3.25. The van der Waals surface area contributed by atoms with Gasteiger partial charge in [-0.05, 0) is 12.5 Å². The minimum absolute atomic E-state index is 0.298. The molecule has 0 radical (unpaired) electrons. The maximum Gasteiger partial charge on any atom is 0.344 e. The minimum Gasteiger partial charge on any atom is -0.329 e. The normalized spacial score (nSPS) is 21.2. The lowest BCUT2D eigenvalue weighted by Gasteiger charge is -2.35. The zero-order valence-electron chi connectivity index (χ0n) is 11.5. The van der Waals surface area contributed by atoms with Crippen molar-refractivity contribution in [3.63, 3.8) is 0 Å². The highest BCUT2D eigenvalue weighted by atomic mass is 16.5. The number of hydrogen-bond acceptors (Lipinski definition) is 4. The highest BCUT2D eigenvalue weighted by Crippen LogP contribution is 2.33.